The largest absolute Gasteiger partial charge is 0.379 e. The fourth-order valence-corrected chi connectivity index (χ4v) is 8.76. The summed E-state index contributed by atoms with van der Waals surface area (Å²) < 4.78 is 11.6. The molecule has 7 nitrogen and oxygen atoms in total. The first-order chi connectivity index (χ1) is 18.8. The van der Waals surface area contributed by atoms with E-state index in [1.54, 1.807) is 0 Å². The topological polar surface area (TPSA) is 74.9 Å². The normalized spacial score (nSPS) is 27.0. The summed E-state index contributed by atoms with van der Waals surface area (Å²) in [7, 11) is 0. The summed E-state index contributed by atoms with van der Waals surface area (Å²) in [6.07, 6.45) is 7.64. The van der Waals surface area contributed by atoms with Crippen molar-refractivity contribution in [2.24, 2.45) is 5.92 Å². The number of likely N-dealkylation sites (tertiary alicyclic amines) is 1. The third-order valence-corrected chi connectivity index (χ3v) is 11.3. The first-order valence-electron chi connectivity index (χ1n) is 14.9. The van der Waals surface area contributed by atoms with Gasteiger partial charge in [0.05, 0.1) is 30.9 Å². The first-order valence-corrected chi connectivity index (χ1v) is 15.7. The van der Waals surface area contributed by atoms with Gasteiger partial charge in [-0.1, -0.05) is 6.92 Å². The SMILES string of the molecule is Cc1cc(C)c(CN2CCc3sc([C@H](C)C4CCC(N5CC(O[C@@H]6CCOC6)C5)CC4)c(C)c3C2=O)c(=O)[nH]1. The highest BCUT2D eigenvalue weighted by molar-refractivity contribution is 7.12. The van der Waals surface area contributed by atoms with Crippen molar-refractivity contribution in [3.8, 4) is 0 Å². The fraction of sp³-hybridized carbons (Fsp3) is 0.677. The van der Waals surface area contributed by atoms with Gasteiger partial charge in [0.1, 0.15) is 0 Å². The number of fused-ring (bicyclic) bond motifs is 1. The zero-order valence-corrected chi connectivity index (χ0v) is 24.7. The molecule has 1 saturated carbocycles. The number of thiophene rings is 1. The number of amides is 1. The standard InChI is InChI=1S/C31H43N3O4S/c1-18-13-19(2)32-30(35)26(18)16-33-11-9-27-28(31(33)36)21(4)29(39-27)20(3)22-5-7-23(8-6-22)34-14-25(15-34)38-24-10-12-37-17-24/h13,20,22-25H,5-12,14-17H2,1-4H3,(H,32,35)/t20-,22?,23?,24-/m1/s1. The number of carbonyl (C=O) groups is 1. The van der Waals surface area contributed by atoms with Gasteiger partial charge >= 0.3 is 0 Å². The number of rotatable bonds is 7. The van der Waals surface area contributed by atoms with Crippen molar-refractivity contribution < 1.29 is 14.3 Å². The number of carbonyl (C=O) groups excluding carboxylic acids is 1. The minimum Gasteiger partial charge on any atom is -0.379 e. The lowest BCUT2D eigenvalue weighted by atomic mass is 9.76. The van der Waals surface area contributed by atoms with Crippen molar-refractivity contribution in [1.29, 1.82) is 0 Å². The second-order valence-corrected chi connectivity index (χ2v) is 13.5. The number of pyridine rings is 1. The monoisotopic (exact) mass is 553 g/mol. The molecule has 0 bridgehead atoms. The van der Waals surface area contributed by atoms with E-state index in [1.807, 2.05) is 36.2 Å². The van der Waals surface area contributed by atoms with Crippen molar-refractivity contribution in [2.45, 2.75) is 96.9 Å². The number of nitrogens with one attached hydrogen (secondary N) is 1. The van der Waals surface area contributed by atoms with E-state index >= 15 is 0 Å². The zero-order chi connectivity index (χ0) is 27.3. The predicted octanol–water partition coefficient (Wildman–Crippen LogP) is 4.71. The first kappa shape index (κ1) is 27.2. The van der Waals surface area contributed by atoms with E-state index in [2.05, 4.69) is 23.7 Å². The molecule has 212 valence electrons. The smallest absolute Gasteiger partial charge is 0.255 e. The Morgan fingerprint density at radius 3 is 2.56 bits per heavy atom. The minimum atomic E-state index is -0.0808. The Morgan fingerprint density at radius 2 is 1.87 bits per heavy atom. The molecule has 0 spiro atoms. The lowest BCUT2D eigenvalue weighted by Crippen LogP contribution is -2.58. The van der Waals surface area contributed by atoms with Gasteiger partial charge in [0.15, 0.2) is 0 Å². The molecule has 3 aliphatic heterocycles. The van der Waals surface area contributed by atoms with E-state index in [9.17, 15) is 9.59 Å². The molecule has 1 amide bonds. The van der Waals surface area contributed by atoms with E-state index in [-0.39, 0.29) is 11.5 Å². The average molecular weight is 554 g/mol. The van der Waals surface area contributed by atoms with Crippen molar-refractivity contribution in [1.82, 2.24) is 14.8 Å². The molecule has 2 aromatic heterocycles. The Bertz CT molecular complexity index is 1270. The molecule has 0 unspecified atom stereocenters. The number of hydrogen-bond donors (Lipinski definition) is 1. The van der Waals surface area contributed by atoms with E-state index in [1.165, 1.54) is 41.0 Å². The highest BCUT2D eigenvalue weighted by Crippen LogP contribution is 2.44. The summed E-state index contributed by atoms with van der Waals surface area (Å²) in [5, 5.41) is 0. The van der Waals surface area contributed by atoms with Crippen LogP contribution >= 0.6 is 11.3 Å². The molecular weight excluding hydrogens is 510 g/mol. The summed E-state index contributed by atoms with van der Waals surface area (Å²) >= 11 is 1.87. The maximum Gasteiger partial charge on any atom is 0.255 e. The van der Waals surface area contributed by atoms with Crippen molar-refractivity contribution in [3.05, 3.63) is 54.1 Å². The Balaban J connectivity index is 1.06. The number of ether oxygens (including phenoxy) is 2. The molecule has 0 aromatic carbocycles. The maximum absolute atomic E-state index is 13.6. The Morgan fingerprint density at radius 1 is 1.10 bits per heavy atom. The van der Waals surface area contributed by atoms with Crippen LogP contribution in [0.5, 0.6) is 0 Å². The van der Waals surface area contributed by atoms with Gasteiger partial charge in [-0.25, -0.2) is 0 Å². The highest BCUT2D eigenvalue weighted by Gasteiger charge is 2.39. The molecule has 8 heteroatoms. The summed E-state index contributed by atoms with van der Waals surface area (Å²) in [5.41, 5.74) is 4.50. The molecule has 2 atom stereocenters. The Kier molecular flexibility index (Phi) is 7.74. The minimum absolute atomic E-state index is 0.0808. The Hall–Kier alpha value is -2.00. The van der Waals surface area contributed by atoms with Crippen molar-refractivity contribution in [3.63, 3.8) is 0 Å². The van der Waals surface area contributed by atoms with Crippen molar-refractivity contribution >= 4 is 17.2 Å². The van der Waals surface area contributed by atoms with Gasteiger partial charge in [0.2, 0.25) is 0 Å². The molecule has 5 heterocycles. The molecule has 39 heavy (non-hydrogen) atoms. The zero-order valence-electron chi connectivity index (χ0n) is 23.9. The highest BCUT2D eigenvalue weighted by atomic mass is 32.1. The molecule has 3 fully saturated rings. The second-order valence-electron chi connectivity index (χ2n) is 12.4. The lowest BCUT2D eigenvalue weighted by Gasteiger charge is -2.47. The van der Waals surface area contributed by atoms with E-state index < -0.39 is 0 Å². The maximum atomic E-state index is 13.6. The lowest BCUT2D eigenvalue weighted by molar-refractivity contribution is -0.110. The van der Waals surface area contributed by atoms with Gasteiger partial charge in [-0.2, -0.15) is 0 Å². The number of hydrogen-bond acceptors (Lipinski definition) is 6. The molecule has 6 rings (SSSR count). The molecule has 1 aliphatic carbocycles. The summed E-state index contributed by atoms with van der Waals surface area (Å²) in [5.74, 6) is 1.23. The van der Waals surface area contributed by atoms with Crippen LogP contribution in [0.2, 0.25) is 0 Å². The number of nitrogens with zero attached hydrogens (tertiary/aromatic N) is 2. The molecule has 4 aliphatic rings. The van der Waals surface area contributed by atoms with Crippen LogP contribution in [0, 0.1) is 26.7 Å². The summed E-state index contributed by atoms with van der Waals surface area (Å²) in [4.78, 5) is 36.3. The van der Waals surface area contributed by atoms with Gasteiger partial charge < -0.3 is 19.4 Å². The van der Waals surface area contributed by atoms with Crippen LogP contribution in [0.4, 0.5) is 0 Å². The quantitative estimate of drug-likeness (QED) is 0.538. The van der Waals surface area contributed by atoms with Gasteiger partial charge in [-0.3, -0.25) is 14.5 Å². The van der Waals surface area contributed by atoms with Crippen LogP contribution in [0.1, 0.15) is 87.4 Å². The van der Waals surface area contributed by atoms with Crippen LogP contribution in [0.15, 0.2) is 10.9 Å². The third-order valence-electron chi connectivity index (χ3n) is 9.74. The van der Waals surface area contributed by atoms with Crippen LogP contribution in [-0.2, 0) is 22.4 Å². The number of aromatic amines is 1. The fourth-order valence-electron chi connectivity index (χ4n) is 7.33. The molecule has 0 radical (unpaired) electrons. The molecular formula is C31H43N3O4S. The predicted molar refractivity (Wildman–Crippen MR) is 154 cm³/mol. The van der Waals surface area contributed by atoms with Crippen LogP contribution in [0.3, 0.4) is 0 Å². The van der Waals surface area contributed by atoms with Crippen molar-refractivity contribution in [2.75, 3.05) is 32.8 Å². The second kappa shape index (κ2) is 11.1. The van der Waals surface area contributed by atoms with Gasteiger partial charge in [-0.15, -0.1) is 11.3 Å². The van der Waals surface area contributed by atoms with Gasteiger partial charge in [0, 0.05) is 59.7 Å². The average Bonchev–Trinajstić information content (AvgIpc) is 3.52. The van der Waals surface area contributed by atoms with Crippen LogP contribution in [0.25, 0.3) is 0 Å². The molecule has 2 aromatic rings. The molecule has 1 N–H and O–H groups in total. The summed E-state index contributed by atoms with van der Waals surface area (Å²) in [6.45, 7) is 13.2. The third kappa shape index (κ3) is 5.37. The summed E-state index contributed by atoms with van der Waals surface area (Å²) in [6, 6.07) is 2.68. The van der Waals surface area contributed by atoms with E-state index in [4.69, 9.17) is 9.47 Å². The van der Waals surface area contributed by atoms with Crippen LogP contribution < -0.4 is 5.56 Å². The number of aromatic nitrogens is 1. The number of aryl methyl sites for hydroxylation is 2. The van der Waals surface area contributed by atoms with Crippen LogP contribution in [-0.4, -0.2) is 71.8 Å². The van der Waals surface area contributed by atoms with E-state index in [0.29, 0.717) is 48.7 Å². The van der Waals surface area contributed by atoms with Gasteiger partial charge in [-0.05, 0) is 81.9 Å². The Labute approximate surface area is 235 Å². The van der Waals surface area contributed by atoms with E-state index in [0.717, 1.165) is 56.0 Å². The van der Waals surface area contributed by atoms with Gasteiger partial charge in [0.25, 0.3) is 11.5 Å². The number of H-pyrrole nitrogens is 1. The molecule has 2 saturated heterocycles.